The number of carbonyl (C=O) groups excluding carboxylic acids is 2. The molecule has 0 saturated heterocycles. The number of ether oxygens (including phenoxy) is 2. The molecule has 0 aliphatic carbocycles. The fourth-order valence-electron chi connectivity index (χ4n) is 2.45. The SMILES string of the molecule is CCCc1c(C(=O)OC)cc(O)c(O)c1OC(=O)c1cc(O)c(O)c(O)c1. The topological polar surface area (TPSA) is 154 Å². The van der Waals surface area contributed by atoms with Gasteiger partial charge in [0.15, 0.2) is 28.7 Å². The Labute approximate surface area is 153 Å². The number of rotatable bonds is 5. The third-order valence-corrected chi connectivity index (χ3v) is 3.74. The highest BCUT2D eigenvalue weighted by Gasteiger charge is 2.26. The van der Waals surface area contributed by atoms with Crippen LogP contribution in [0, 0.1) is 0 Å². The minimum absolute atomic E-state index is 0.0890. The number of aromatic hydroxyl groups is 5. The second-order valence-electron chi connectivity index (χ2n) is 5.59. The predicted octanol–water partition coefficient (Wildman–Crippen LogP) is 2.17. The van der Waals surface area contributed by atoms with Crippen LogP contribution in [0.1, 0.15) is 39.6 Å². The molecule has 0 radical (unpaired) electrons. The number of hydrogen-bond acceptors (Lipinski definition) is 9. The molecular formula is C18H18O9. The molecule has 9 nitrogen and oxygen atoms in total. The highest BCUT2D eigenvalue weighted by molar-refractivity contribution is 5.96. The summed E-state index contributed by atoms with van der Waals surface area (Å²) in [7, 11) is 1.13. The lowest BCUT2D eigenvalue weighted by atomic mass is 10.0. The molecule has 2 aromatic carbocycles. The van der Waals surface area contributed by atoms with Gasteiger partial charge < -0.3 is 35.0 Å². The Hall–Kier alpha value is -3.62. The van der Waals surface area contributed by atoms with Gasteiger partial charge in [0, 0.05) is 5.56 Å². The first kappa shape index (κ1) is 19.7. The zero-order valence-electron chi connectivity index (χ0n) is 14.5. The molecule has 2 rings (SSSR count). The molecule has 0 unspecified atom stereocenters. The van der Waals surface area contributed by atoms with E-state index in [1.807, 2.05) is 0 Å². The summed E-state index contributed by atoms with van der Waals surface area (Å²) in [5, 5.41) is 48.4. The highest BCUT2D eigenvalue weighted by atomic mass is 16.5. The van der Waals surface area contributed by atoms with Gasteiger partial charge in [0.05, 0.1) is 18.2 Å². The first-order chi connectivity index (χ1) is 12.7. The minimum atomic E-state index is -1.12. The third kappa shape index (κ3) is 3.81. The molecule has 0 atom stereocenters. The maximum atomic E-state index is 12.4. The molecule has 0 saturated carbocycles. The van der Waals surface area contributed by atoms with Gasteiger partial charge in [-0.2, -0.15) is 0 Å². The first-order valence-corrected chi connectivity index (χ1v) is 7.84. The fraction of sp³-hybridized carbons (Fsp3) is 0.222. The van der Waals surface area contributed by atoms with Gasteiger partial charge in [-0.05, 0) is 24.6 Å². The lowest BCUT2D eigenvalue weighted by molar-refractivity contribution is 0.0595. The number of hydrogen-bond donors (Lipinski definition) is 5. The van der Waals surface area contributed by atoms with E-state index in [-0.39, 0.29) is 23.1 Å². The van der Waals surface area contributed by atoms with Gasteiger partial charge in [-0.25, -0.2) is 9.59 Å². The van der Waals surface area contributed by atoms with Crippen LogP contribution in [-0.4, -0.2) is 44.6 Å². The van der Waals surface area contributed by atoms with Crippen molar-refractivity contribution in [1.29, 1.82) is 0 Å². The summed E-state index contributed by atoms with van der Waals surface area (Å²) in [5.41, 5.74) is -0.290. The molecule has 27 heavy (non-hydrogen) atoms. The Kier molecular flexibility index (Phi) is 5.64. The highest BCUT2D eigenvalue weighted by Crippen LogP contribution is 2.42. The van der Waals surface area contributed by atoms with Crippen molar-refractivity contribution in [3.05, 3.63) is 34.9 Å². The van der Waals surface area contributed by atoms with Gasteiger partial charge in [-0.3, -0.25) is 0 Å². The standard InChI is InChI=1S/C18H18O9/c1-3-4-9-10(18(25)26-2)7-13(21)15(23)16(9)27-17(24)8-5-11(19)14(22)12(20)6-8/h5-7,19-23H,3-4H2,1-2H3. The molecule has 2 aromatic rings. The van der Waals surface area contributed by atoms with E-state index in [4.69, 9.17) is 4.74 Å². The molecule has 9 heteroatoms. The van der Waals surface area contributed by atoms with Crippen LogP contribution in [0.2, 0.25) is 0 Å². The van der Waals surface area contributed by atoms with Crippen LogP contribution >= 0.6 is 0 Å². The van der Waals surface area contributed by atoms with Crippen LogP contribution in [0.3, 0.4) is 0 Å². The summed E-state index contributed by atoms with van der Waals surface area (Å²) in [5.74, 6) is -6.15. The Morgan fingerprint density at radius 3 is 1.96 bits per heavy atom. The van der Waals surface area contributed by atoms with Crippen molar-refractivity contribution in [2.75, 3.05) is 7.11 Å². The molecule has 0 aromatic heterocycles. The van der Waals surface area contributed by atoms with Crippen molar-refractivity contribution in [2.45, 2.75) is 19.8 Å². The van der Waals surface area contributed by atoms with Gasteiger partial charge in [0.1, 0.15) is 0 Å². The lowest BCUT2D eigenvalue weighted by Crippen LogP contribution is -2.13. The number of esters is 2. The molecule has 144 valence electrons. The molecule has 0 aliphatic heterocycles. The summed E-state index contributed by atoms with van der Waals surface area (Å²) in [4.78, 5) is 24.3. The van der Waals surface area contributed by atoms with Gasteiger partial charge in [-0.15, -0.1) is 0 Å². The second kappa shape index (κ2) is 7.73. The average Bonchev–Trinajstić information content (AvgIpc) is 2.64. The zero-order chi connectivity index (χ0) is 20.3. The Morgan fingerprint density at radius 2 is 1.44 bits per heavy atom. The summed E-state index contributed by atoms with van der Waals surface area (Å²) < 4.78 is 9.76. The van der Waals surface area contributed by atoms with E-state index >= 15 is 0 Å². The van der Waals surface area contributed by atoms with Crippen molar-refractivity contribution in [1.82, 2.24) is 0 Å². The van der Waals surface area contributed by atoms with Crippen LogP contribution in [0.15, 0.2) is 18.2 Å². The monoisotopic (exact) mass is 378 g/mol. The zero-order valence-corrected chi connectivity index (χ0v) is 14.5. The predicted molar refractivity (Wildman–Crippen MR) is 91.5 cm³/mol. The first-order valence-electron chi connectivity index (χ1n) is 7.84. The number of phenols is 5. The Balaban J connectivity index is 2.55. The van der Waals surface area contributed by atoms with E-state index in [9.17, 15) is 35.1 Å². The van der Waals surface area contributed by atoms with Crippen LogP contribution in [0.4, 0.5) is 0 Å². The number of methoxy groups -OCH3 is 1. The largest absolute Gasteiger partial charge is 0.504 e. The molecule has 0 amide bonds. The smallest absolute Gasteiger partial charge is 0.343 e. The van der Waals surface area contributed by atoms with Gasteiger partial charge in [0.25, 0.3) is 0 Å². The lowest BCUT2D eigenvalue weighted by Gasteiger charge is -2.16. The van der Waals surface area contributed by atoms with Crippen molar-refractivity contribution in [2.24, 2.45) is 0 Å². The normalized spacial score (nSPS) is 10.4. The summed E-state index contributed by atoms with van der Waals surface area (Å²) in [6.07, 6.45) is 0.729. The number of phenolic OH excluding ortho intramolecular Hbond substituents is 5. The fourth-order valence-corrected chi connectivity index (χ4v) is 2.45. The quantitative estimate of drug-likeness (QED) is 0.299. The van der Waals surface area contributed by atoms with Crippen molar-refractivity contribution < 1.29 is 44.6 Å². The molecule has 0 bridgehead atoms. The molecule has 0 fully saturated rings. The maximum absolute atomic E-state index is 12.4. The number of carbonyl (C=O) groups is 2. The Morgan fingerprint density at radius 1 is 0.889 bits per heavy atom. The summed E-state index contributed by atoms with van der Waals surface area (Å²) in [6.45, 7) is 1.78. The van der Waals surface area contributed by atoms with Gasteiger partial charge in [-0.1, -0.05) is 13.3 Å². The van der Waals surface area contributed by atoms with Crippen molar-refractivity contribution >= 4 is 11.9 Å². The maximum Gasteiger partial charge on any atom is 0.343 e. The summed E-state index contributed by atoms with van der Waals surface area (Å²) >= 11 is 0. The van der Waals surface area contributed by atoms with Crippen LogP contribution in [-0.2, 0) is 11.2 Å². The summed E-state index contributed by atoms with van der Waals surface area (Å²) in [6, 6.07) is 2.69. The van der Waals surface area contributed by atoms with E-state index in [1.165, 1.54) is 0 Å². The molecule has 0 aliphatic rings. The van der Waals surface area contributed by atoms with Crippen molar-refractivity contribution in [3.8, 4) is 34.5 Å². The minimum Gasteiger partial charge on any atom is -0.504 e. The second-order valence-corrected chi connectivity index (χ2v) is 5.59. The van der Waals surface area contributed by atoms with Crippen LogP contribution in [0.5, 0.6) is 34.5 Å². The van der Waals surface area contributed by atoms with E-state index in [1.54, 1.807) is 6.92 Å². The molecule has 0 spiro atoms. The van der Waals surface area contributed by atoms with E-state index in [0.29, 0.717) is 6.42 Å². The number of benzene rings is 2. The van der Waals surface area contributed by atoms with E-state index in [2.05, 4.69) is 4.74 Å². The van der Waals surface area contributed by atoms with E-state index in [0.717, 1.165) is 25.3 Å². The molecule has 0 heterocycles. The van der Waals surface area contributed by atoms with Gasteiger partial charge in [0.2, 0.25) is 5.75 Å². The molecular weight excluding hydrogens is 360 g/mol. The average molecular weight is 378 g/mol. The third-order valence-electron chi connectivity index (χ3n) is 3.74. The van der Waals surface area contributed by atoms with Crippen LogP contribution in [0.25, 0.3) is 0 Å². The molecule has 5 N–H and O–H groups in total. The van der Waals surface area contributed by atoms with Crippen LogP contribution < -0.4 is 4.74 Å². The van der Waals surface area contributed by atoms with Crippen molar-refractivity contribution in [3.63, 3.8) is 0 Å². The van der Waals surface area contributed by atoms with E-state index < -0.39 is 46.4 Å². The van der Waals surface area contributed by atoms with Gasteiger partial charge >= 0.3 is 11.9 Å². The Bertz CT molecular complexity index is 879.